The molecular formula is C22H33ClN4O2. The molecule has 0 saturated heterocycles. The Kier molecular flexibility index (Phi) is 7.55. The maximum Gasteiger partial charge on any atom is 0.155 e. The highest BCUT2D eigenvalue weighted by Gasteiger charge is 2.32. The SMILES string of the molecule is COc1ccccc1Cc1nc(C2CCC(N)CC2)n([C@@H]2CCCC[C@H]2O)n1.Cl. The van der Waals surface area contributed by atoms with Gasteiger partial charge in [-0.2, -0.15) is 5.10 Å². The number of para-hydroxylation sites is 1. The Balaban J connectivity index is 0.00000240. The number of benzene rings is 1. The lowest BCUT2D eigenvalue weighted by Gasteiger charge is -2.31. The second kappa shape index (κ2) is 9.92. The first-order chi connectivity index (χ1) is 13.7. The molecule has 1 aromatic carbocycles. The summed E-state index contributed by atoms with van der Waals surface area (Å²) in [7, 11) is 1.69. The van der Waals surface area contributed by atoms with Gasteiger partial charge in [-0.1, -0.05) is 31.0 Å². The predicted octanol–water partition coefficient (Wildman–Crippen LogP) is 3.76. The van der Waals surface area contributed by atoms with Crippen LogP contribution in [0.4, 0.5) is 0 Å². The number of aromatic nitrogens is 3. The Labute approximate surface area is 179 Å². The third-order valence-corrected chi connectivity index (χ3v) is 6.39. The van der Waals surface area contributed by atoms with Gasteiger partial charge in [0.1, 0.15) is 11.6 Å². The molecule has 160 valence electrons. The molecule has 2 saturated carbocycles. The molecule has 0 bridgehead atoms. The molecule has 3 N–H and O–H groups in total. The summed E-state index contributed by atoms with van der Waals surface area (Å²) >= 11 is 0. The first-order valence-corrected chi connectivity index (χ1v) is 10.7. The van der Waals surface area contributed by atoms with Gasteiger partial charge >= 0.3 is 0 Å². The summed E-state index contributed by atoms with van der Waals surface area (Å²) in [6.45, 7) is 0. The van der Waals surface area contributed by atoms with E-state index in [0.29, 0.717) is 18.4 Å². The molecule has 2 aliphatic carbocycles. The number of aliphatic hydroxyl groups is 1. The molecule has 2 fully saturated rings. The van der Waals surface area contributed by atoms with Gasteiger partial charge in [0.15, 0.2) is 5.82 Å². The van der Waals surface area contributed by atoms with Crippen LogP contribution in [0.1, 0.15) is 80.5 Å². The van der Waals surface area contributed by atoms with Crippen LogP contribution in [0.3, 0.4) is 0 Å². The summed E-state index contributed by atoms with van der Waals surface area (Å²) in [5.74, 6) is 3.10. The van der Waals surface area contributed by atoms with Crippen LogP contribution in [0.25, 0.3) is 0 Å². The zero-order chi connectivity index (χ0) is 19.5. The fourth-order valence-electron chi connectivity index (χ4n) is 4.75. The van der Waals surface area contributed by atoms with E-state index in [1.807, 2.05) is 18.2 Å². The van der Waals surface area contributed by atoms with E-state index in [1.165, 1.54) is 0 Å². The minimum Gasteiger partial charge on any atom is -0.496 e. The standard InChI is InChI=1S/C22H32N4O2.ClH/c1-28-20-9-5-2-6-16(20)14-21-24-22(15-10-12-17(23)13-11-15)26(25-21)18-7-3-4-8-19(18)27;/h2,5-6,9,15,17-19,27H,3-4,7-8,10-14,23H2,1H3;1H/t15?,17?,18-,19-;/m1./s1. The summed E-state index contributed by atoms with van der Waals surface area (Å²) in [6, 6.07) is 8.38. The summed E-state index contributed by atoms with van der Waals surface area (Å²) in [6.07, 6.45) is 8.52. The molecule has 0 spiro atoms. The number of ether oxygens (including phenoxy) is 1. The first-order valence-electron chi connectivity index (χ1n) is 10.7. The van der Waals surface area contributed by atoms with Gasteiger partial charge in [-0.05, 0) is 44.6 Å². The third kappa shape index (κ3) is 4.93. The van der Waals surface area contributed by atoms with Crippen LogP contribution in [-0.2, 0) is 6.42 Å². The maximum atomic E-state index is 10.6. The Morgan fingerprint density at radius 3 is 2.55 bits per heavy atom. The molecule has 2 aromatic rings. The van der Waals surface area contributed by atoms with Gasteiger partial charge in [0.2, 0.25) is 0 Å². The highest BCUT2D eigenvalue weighted by molar-refractivity contribution is 5.85. The molecule has 2 atom stereocenters. The van der Waals surface area contributed by atoms with Crippen LogP contribution < -0.4 is 10.5 Å². The summed E-state index contributed by atoms with van der Waals surface area (Å²) < 4.78 is 7.57. The van der Waals surface area contributed by atoms with Crippen molar-refractivity contribution in [3.8, 4) is 5.75 Å². The fourth-order valence-corrected chi connectivity index (χ4v) is 4.75. The van der Waals surface area contributed by atoms with Crippen LogP contribution >= 0.6 is 12.4 Å². The molecule has 0 radical (unpaired) electrons. The molecule has 0 aliphatic heterocycles. The summed E-state index contributed by atoms with van der Waals surface area (Å²) in [5, 5.41) is 15.5. The zero-order valence-corrected chi connectivity index (χ0v) is 18.0. The molecule has 0 unspecified atom stereocenters. The van der Waals surface area contributed by atoms with Crippen molar-refractivity contribution >= 4 is 12.4 Å². The summed E-state index contributed by atoms with van der Waals surface area (Å²) in [4.78, 5) is 4.98. The normalized spacial score (nSPS) is 27.3. The predicted molar refractivity (Wildman–Crippen MR) is 116 cm³/mol. The average Bonchev–Trinajstić information content (AvgIpc) is 3.13. The summed E-state index contributed by atoms with van der Waals surface area (Å²) in [5.41, 5.74) is 7.21. The minimum absolute atomic E-state index is 0. The number of hydrogen-bond donors (Lipinski definition) is 2. The van der Waals surface area contributed by atoms with Crippen molar-refractivity contribution in [2.24, 2.45) is 5.73 Å². The van der Waals surface area contributed by atoms with Gasteiger partial charge in [0.25, 0.3) is 0 Å². The van der Waals surface area contributed by atoms with Crippen molar-refractivity contribution in [2.45, 2.75) is 81.9 Å². The maximum absolute atomic E-state index is 10.6. The van der Waals surface area contributed by atoms with E-state index in [4.69, 9.17) is 20.6 Å². The molecular weight excluding hydrogens is 388 g/mol. The van der Waals surface area contributed by atoms with Gasteiger partial charge in [-0.3, -0.25) is 0 Å². The van der Waals surface area contributed by atoms with Crippen LogP contribution in [0, 0.1) is 0 Å². The van der Waals surface area contributed by atoms with Crippen LogP contribution in [0.5, 0.6) is 5.75 Å². The number of halogens is 1. The van der Waals surface area contributed by atoms with Crippen molar-refractivity contribution in [1.82, 2.24) is 14.8 Å². The number of aliphatic hydroxyl groups excluding tert-OH is 1. The van der Waals surface area contributed by atoms with Crippen LogP contribution in [0.2, 0.25) is 0 Å². The number of nitrogens with zero attached hydrogens (tertiary/aromatic N) is 3. The van der Waals surface area contributed by atoms with Gasteiger partial charge in [-0.15, -0.1) is 12.4 Å². The first kappa shape index (κ1) is 22.1. The van der Waals surface area contributed by atoms with Gasteiger partial charge < -0.3 is 15.6 Å². The lowest BCUT2D eigenvalue weighted by molar-refractivity contribution is 0.0664. The van der Waals surface area contributed by atoms with Gasteiger partial charge in [-0.25, -0.2) is 9.67 Å². The molecule has 4 rings (SSSR count). The lowest BCUT2D eigenvalue weighted by atomic mass is 9.85. The lowest BCUT2D eigenvalue weighted by Crippen LogP contribution is -2.32. The largest absolute Gasteiger partial charge is 0.496 e. The van der Waals surface area contributed by atoms with E-state index in [-0.39, 0.29) is 24.6 Å². The smallest absolute Gasteiger partial charge is 0.155 e. The minimum atomic E-state index is -0.334. The van der Waals surface area contributed by atoms with Crippen molar-refractivity contribution < 1.29 is 9.84 Å². The van der Waals surface area contributed by atoms with Gasteiger partial charge in [0, 0.05) is 23.9 Å². The van der Waals surface area contributed by atoms with E-state index in [9.17, 15) is 5.11 Å². The van der Waals surface area contributed by atoms with Crippen LogP contribution in [0.15, 0.2) is 24.3 Å². The van der Waals surface area contributed by atoms with Crippen molar-refractivity contribution in [3.63, 3.8) is 0 Å². The number of nitrogens with two attached hydrogens (primary N) is 1. The van der Waals surface area contributed by atoms with Crippen molar-refractivity contribution in [3.05, 3.63) is 41.5 Å². The highest BCUT2D eigenvalue weighted by Crippen LogP contribution is 2.36. The molecule has 6 nitrogen and oxygen atoms in total. The molecule has 1 aromatic heterocycles. The van der Waals surface area contributed by atoms with E-state index in [2.05, 4.69) is 10.7 Å². The quantitative estimate of drug-likeness (QED) is 0.769. The average molecular weight is 421 g/mol. The van der Waals surface area contributed by atoms with E-state index >= 15 is 0 Å². The topological polar surface area (TPSA) is 86.2 Å². The van der Waals surface area contributed by atoms with E-state index < -0.39 is 0 Å². The molecule has 7 heteroatoms. The molecule has 1 heterocycles. The fraction of sp³-hybridized carbons (Fsp3) is 0.636. The number of hydrogen-bond acceptors (Lipinski definition) is 5. The highest BCUT2D eigenvalue weighted by atomic mass is 35.5. The Hall–Kier alpha value is -1.63. The van der Waals surface area contributed by atoms with Crippen molar-refractivity contribution in [2.75, 3.05) is 7.11 Å². The Morgan fingerprint density at radius 1 is 1.10 bits per heavy atom. The molecule has 29 heavy (non-hydrogen) atoms. The second-order valence-electron chi connectivity index (χ2n) is 8.35. The van der Waals surface area contributed by atoms with E-state index in [1.54, 1.807) is 7.11 Å². The Bertz CT molecular complexity index is 789. The third-order valence-electron chi connectivity index (χ3n) is 6.39. The monoisotopic (exact) mass is 420 g/mol. The van der Waals surface area contributed by atoms with Crippen molar-refractivity contribution in [1.29, 1.82) is 0 Å². The molecule has 0 amide bonds. The molecule has 2 aliphatic rings. The number of rotatable bonds is 5. The Morgan fingerprint density at radius 2 is 1.83 bits per heavy atom. The zero-order valence-electron chi connectivity index (χ0n) is 17.2. The number of methoxy groups -OCH3 is 1. The van der Waals surface area contributed by atoms with E-state index in [0.717, 1.165) is 74.3 Å². The van der Waals surface area contributed by atoms with Crippen LogP contribution in [-0.4, -0.2) is 39.1 Å². The second-order valence-corrected chi connectivity index (χ2v) is 8.35. The van der Waals surface area contributed by atoms with Gasteiger partial charge in [0.05, 0.1) is 19.3 Å².